The first-order valence-electron chi connectivity index (χ1n) is 6.23. The minimum atomic E-state index is -0.178. The van der Waals surface area contributed by atoms with E-state index in [0.29, 0.717) is 11.5 Å². The molecule has 3 heteroatoms. The summed E-state index contributed by atoms with van der Waals surface area (Å²) in [6, 6.07) is 6.64. The van der Waals surface area contributed by atoms with E-state index in [1.54, 1.807) is 18.2 Å². The van der Waals surface area contributed by atoms with Crippen LogP contribution < -0.4 is 5.32 Å². The predicted molar refractivity (Wildman–Crippen MR) is 66.9 cm³/mol. The van der Waals surface area contributed by atoms with E-state index < -0.39 is 0 Å². The second-order valence-electron chi connectivity index (χ2n) is 5.01. The molecule has 0 bridgehead atoms. The molecule has 0 aliphatic heterocycles. The van der Waals surface area contributed by atoms with Crippen LogP contribution in [0, 0.1) is 11.8 Å². The highest BCUT2D eigenvalue weighted by Crippen LogP contribution is 2.29. The Morgan fingerprint density at radius 1 is 1.41 bits per heavy atom. The van der Waals surface area contributed by atoms with Gasteiger partial charge in [-0.25, -0.2) is 0 Å². The minimum Gasteiger partial charge on any atom is -0.507 e. The first-order chi connectivity index (χ1) is 8.16. The van der Waals surface area contributed by atoms with E-state index in [9.17, 15) is 9.90 Å². The summed E-state index contributed by atoms with van der Waals surface area (Å²) in [6.45, 7) is 2.97. The number of rotatable bonds is 3. The maximum Gasteiger partial charge on any atom is 0.255 e. The minimum absolute atomic E-state index is 0.0461. The molecule has 2 atom stereocenters. The number of benzene rings is 1. The summed E-state index contributed by atoms with van der Waals surface area (Å²) in [5.41, 5.74) is 0.360. The third kappa shape index (κ3) is 2.99. The SMILES string of the molecule is CC1CCC(CNC(=O)c2ccccc2O)C1. The van der Waals surface area contributed by atoms with Crippen LogP contribution in [0.2, 0.25) is 0 Å². The van der Waals surface area contributed by atoms with Gasteiger partial charge in [-0.2, -0.15) is 0 Å². The molecule has 1 fully saturated rings. The van der Waals surface area contributed by atoms with Gasteiger partial charge >= 0.3 is 0 Å². The van der Waals surface area contributed by atoms with Gasteiger partial charge in [0.2, 0.25) is 0 Å². The number of carbonyl (C=O) groups excluding carboxylic acids is 1. The number of phenols is 1. The van der Waals surface area contributed by atoms with Crippen molar-refractivity contribution in [3.8, 4) is 5.75 Å². The highest BCUT2D eigenvalue weighted by atomic mass is 16.3. The van der Waals surface area contributed by atoms with Crippen LogP contribution >= 0.6 is 0 Å². The van der Waals surface area contributed by atoms with Crippen molar-refractivity contribution in [2.45, 2.75) is 26.2 Å². The number of amides is 1. The van der Waals surface area contributed by atoms with E-state index in [1.807, 2.05) is 0 Å². The lowest BCUT2D eigenvalue weighted by Crippen LogP contribution is -2.28. The average molecular weight is 233 g/mol. The van der Waals surface area contributed by atoms with Gasteiger partial charge in [0.25, 0.3) is 5.91 Å². The summed E-state index contributed by atoms with van der Waals surface area (Å²) in [6.07, 6.45) is 3.65. The topological polar surface area (TPSA) is 49.3 Å². The molecule has 0 radical (unpaired) electrons. The zero-order valence-corrected chi connectivity index (χ0v) is 10.1. The molecule has 3 nitrogen and oxygen atoms in total. The van der Waals surface area contributed by atoms with E-state index in [-0.39, 0.29) is 11.7 Å². The van der Waals surface area contributed by atoms with Crippen LogP contribution in [0.4, 0.5) is 0 Å². The molecule has 1 amide bonds. The van der Waals surface area contributed by atoms with Crippen LogP contribution in [0.15, 0.2) is 24.3 Å². The van der Waals surface area contributed by atoms with Crippen LogP contribution in [0.1, 0.15) is 36.5 Å². The van der Waals surface area contributed by atoms with E-state index in [2.05, 4.69) is 12.2 Å². The van der Waals surface area contributed by atoms with Crippen LogP contribution in [0.5, 0.6) is 5.75 Å². The summed E-state index contributed by atoms with van der Waals surface area (Å²) in [5, 5.41) is 12.5. The standard InChI is InChI=1S/C14H19NO2/c1-10-6-7-11(8-10)9-15-14(17)12-4-2-3-5-13(12)16/h2-5,10-11,16H,6-9H2,1H3,(H,15,17). The maximum absolute atomic E-state index is 11.8. The van der Waals surface area contributed by atoms with Gasteiger partial charge in [0.15, 0.2) is 0 Å². The van der Waals surface area contributed by atoms with Gasteiger partial charge in [-0.15, -0.1) is 0 Å². The van der Waals surface area contributed by atoms with Gasteiger partial charge in [0.1, 0.15) is 5.75 Å². The van der Waals surface area contributed by atoms with Crippen molar-refractivity contribution in [3.05, 3.63) is 29.8 Å². The fourth-order valence-corrected chi connectivity index (χ4v) is 2.51. The van der Waals surface area contributed by atoms with Gasteiger partial charge in [-0.05, 0) is 36.8 Å². The van der Waals surface area contributed by atoms with Crippen molar-refractivity contribution < 1.29 is 9.90 Å². The van der Waals surface area contributed by atoms with Crippen molar-refractivity contribution >= 4 is 5.91 Å². The summed E-state index contributed by atoms with van der Waals surface area (Å²) >= 11 is 0. The van der Waals surface area contributed by atoms with E-state index in [0.717, 1.165) is 12.5 Å². The zero-order chi connectivity index (χ0) is 12.3. The van der Waals surface area contributed by atoms with Gasteiger partial charge in [-0.3, -0.25) is 4.79 Å². The summed E-state index contributed by atoms with van der Waals surface area (Å²) in [4.78, 5) is 11.8. The summed E-state index contributed by atoms with van der Waals surface area (Å²) in [7, 11) is 0. The highest BCUT2D eigenvalue weighted by Gasteiger charge is 2.22. The van der Waals surface area contributed by atoms with Crippen molar-refractivity contribution in [2.75, 3.05) is 6.54 Å². The Morgan fingerprint density at radius 3 is 2.82 bits per heavy atom. The second kappa shape index (κ2) is 5.21. The van der Waals surface area contributed by atoms with Crippen LogP contribution in [-0.2, 0) is 0 Å². The molecule has 0 heterocycles. The Kier molecular flexibility index (Phi) is 3.67. The molecular weight excluding hydrogens is 214 g/mol. The first-order valence-corrected chi connectivity index (χ1v) is 6.23. The summed E-state index contributed by atoms with van der Waals surface area (Å²) < 4.78 is 0. The van der Waals surface area contributed by atoms with Crippen LogP contribution in [0.3, 0.4) is 0 Å². The monoisotopic (exact) mass is 233 g/mol. The number of para-hydroxylation sites is 1. The second-order valence-corrected chi connectivity index (χ2v) is 5.01. The van der Waals surface area contributed by atoms with E-state index in [1.165, 1.54) is 25.3 Å². The number of phenolic OH excluding ortho intramolecular Hbond substituents is 1. The molecule has 2 unspecified atom stereocenters. The van der Waals surface area contributed by atoms with Gasteiger partial charge in [0, 0.05) is 6.54 Å². The molecule has 17 heavy (non-hydrogen) atoms. The molecule has 2 N–H and O–H groups in total. The number of aromatic hydroxyl groups is 1. The zero-order valence-electron chi connectivity index (χ0n) is 10.1. The molecule has 0 saturated heterocycles. The van der Waals surface area contributed by atoms with Gasteiger partial charge in [0.05, 0.1) is 5.56 Å². The largest absolute Gasteiger partial charge is 0.507 e. The van der Waals surface area contributed by atoms with Crippen molar-refractivity contribution in [2.24, 2.45) is 11.8 Å². The number of hydrogen-bond acceptors (Lipinski definition) is 2. The number of nitrogens with one attached hydrogen (secondary N) is 1. The predicted octanol–water partition coefficient (Wildman–Crippen LogP) is 2.56. The third-order valence-electron chi connectivity index (χ3n) is 3.50. The fraction of sp³-hybridized carbons (Fsp3) is 0.500. The Bertz CT molecular complexity index is 403. The average Bonchev–Trinajstić information content (AvgIpc) is 2.73. The van der Waals surface area contributed by atoms with E-state index >= 15 is 0 Å². The summed E-state index contributed by atoms with van der Waals surface area (Å²) in [5.74, 6) is 1.24. The molecule has 1 aromatic rings. The first kappa shape index (κ1) is 12.0. The molecule has 0 spiro atoms. The Hall–Kier alpha value is -1.51. The number of hydrogen-bond donors (Lipinski definition) is 2. The number of carbonyl (C=O) groups is 1. The molecule has 1 aliphatic carbocycles. The molecule has 1 aromatic carbocycles. The fourth-order valence-electron chi connectivity index (χ4n) is 2.51. The van der Waals surface area contributed by atoms with E-state index in [4.69, 9.17) is 0 Å². The maximum atomic E-state index is 11.8. The molecule has 1 saturated carbocycles. The van der Waals surface area contributed by atoms with Gasteiger partial charge in [-0.1, -0.05) is 25.5 Å². The molecule has 92 valence electrons. The lowest BCUT2D eigenvalue weighted by atomic mass is 10.1. The quantitative estimate of drug-likeness (QED) is 0.843. The van der Waals surface area contributed by atoms with Crippen LogP contribution in [-0.4, -0.2) is 17.6 Å². The molecule has 0 aromatic heterocycles. The Labute approximate surface area is 102 Å². The Morgan fingerprint density at radius 2 is 2.18 bits per heavy atom. The third-order valence-corrected chi connectivity index (χ3v) is 3.50. The normalized spacial score (nSPS) is 23.6. The molecule has 1 aliphatic rings. The lowest BCUT2D eigenvalue weighted by molar-refractivity contribution is 0.0944. The lowest BCUT2D eigenvalue weighted by Gasteiger charge is -2.11. The highest BCUT2D eigenvalue weighted by molar-refractivity contribution is 5.96. The van der Waals surface area contributed by atoms with Crippen molar-refractivity contribution in [1.29, 1.82) is 0 Å². The van der Waals surface area contributed by atoms with Crippen molar-refractivity contribution in [3.63, 3.8) is 0 Å². The molecular formula is C14H19NO2. The molecule has 2 rings (SSSR count). The van der Waals surface area contributed by atoms with Crippen molar-refractivity contribution in [1.82, 2.24) is 5.32 Å². The van der Waals surface area contributed by atoms with Crippen LogP contribution in [0.25, 0.3) is 0 Å². The Balaban J connectivity index is 1.88. The smallest absolute Gasteiger partial charge is 0.255 e. The van der Waals surface area contributed by atoms with Gasteiger partial charge < -0.3 is 10.4 Å².